The number of halogens is 1. The number of piperidine rings is 1. The zero-order valence-corrected chi connectivity index (χ0v) is 19.9. The van der Waals surface area contributed by atoms with Crippen LogP contribution in [0.1, 0.15) is 67.2 Å². The molecular formula is C29H36ClNO. The molecule has 0 saturated carbocycles. The van der Waals surface area contributed by atoms with Gasteiger partial charge in [-0.1, -0.05) is 79.1 Å². The van der Waals surface area contributed by atoms with E-state index >= 15 is 0 Å². The molecule has 2 heterocycles. The van der Waals surface area contributed by atoms with E-state index in [1.807, 2.05) is 0 Å². The Bertz CT molecular complexity index is 896. The number of ether oxygens (including phenoxy) is 1. The average molecular weight is 450 g/mol. The highest BCUT2D eigenvalue weighted by atomic mass is 35.5. The number of rotatable bonds is 5. The Morgan fingerprint density at radius 3 is 2.00 bits per heavy atom. The van der Waals surface area contributed by atoms with Crippen molar-refractivity contribution in [3.8, 4) is 0 Å². The van der Waals surface area contributed by atoms with Crippen LogP contribution in [0.25, 0.3) is 17.7 Å². The Morgan fingerprint density at radius 2 is 1.38 bits per heavy atom. The van der Waals surface area contributed by atoms with Gasteiger partial charge in [0.25, 0.3) is 0 Å². The fraction of sp³-hybridized carbons (Fsp3) is 0.448. The lowest BCUT2D eigenvalue weighted by Crippen LogP contribution is -2.32. The summed E-state index contributed by atoms with van der Waals surface area (Å²) in [5, 5.41) is 0. The number of unbranched alkanes of at least 4 members (excludes halogenated alkanes) is 1. The molecule has 3 aliphatic rings. The molecule has 0 radical (unpaired) electrons. The van der Waals surface area contributed by atoms with E-state index in [-0.39, 0.29) is 12.4 Å². The lowest BCUT2D eigenvalue weighted by Gasteiger charge is -2.31. The lowest BCUT2D eigenvalue weighted by molar-refractivity contribution is 0.0628. The summed E-state index contributed by atoms with van der Waals surface area (Å²) >= 11 is 0. The molecule has 2 aromatic carbocycles. The van der Waals surface area contributed by atoms with E-state index in [0.717, 1.165) is 19.1 Å². The van der Waals surface area contributed by atoms with Gasteiger partial charge in [0, 0.05) is 26.3 Å². The summed E-state index contributed by atoms with van der Waals surface area (Å²) in [6.45, 7) is 5.63. The molecule has 2 saturated heterocycles. The molecule has 170 valence electrons. The fourth-order valence-electron chi connectivity index (χ4n) is 5.55. The SMILES string of the molecule is C1=Cc2ccccc2C(=C2CCN(CCCCC3CCOCC3)CC2)c2ccccc21.Cl. The third-order valence-electron chi connectivity index (χ3n) is 7.39. The fourth-order valence-corrected chi connectivity index (χ4v) is 5.55. The summed E-state index contributed by atoms with van der Waals surface area (Å²) < 4.78 is 5.50. The minimum Gasteiger partial charge on any atom is -0.381 e. The third kappa shape index (κ3) is 5.36. The maximum atomic E-state index is 5.50. The molecule has 0 amide bonds. The van der Waals surface area contributed by atoms with E-state index < -0.39 is 0 Å². The van der Waals surface area contributed by atoms with Gasteiger partial charge in [-0.3, -0.25) is 0 Å². The smallest absolute Gasteiger partial charge is 0.0468 e. The maximum Gasteiger partial charge on any atom is 0.0468 e. The summed E-state index contributed by atoms with van der Waals surface area (Å²) in [6.07, 6.45) is 13.6. The summed E-state index contributed by atoms with van der Waals surface area (Å²) in [6, 6.07) is 17.8. The average Bonchev–Trinajstić information content (AvgIpc) is 3.00. The van der Waals surface area contributed by atoms with Gasteiger partial charge in [0.15, 0.2) is 0 Å². The van der Waals surface area contributed by atoms with Gasteiger partial charge in [-0.15, -0.1) is 12.4 Å². The van der Waals surface area contributed by atoms with Crippen molar-refractivity contribution in [2.24, 2.45) is 5.92 Å². The van der Waals surface area contributed by atoms with Crippen LogP contribution in [0.15, 0.2) is 54.1 Å². The largest absolute Gasteiger partial charge is 0.381 e. The molecule has 0 aromatic heterocycles. The molecule has 0 spiro atoms. The Kier molecular flexibility index (Phi) is 8.24. The first-order valence-electron chi connectivity index (χ1n) is 12.3. The van der Waals surface area contributed by atoms with Crippen LogP contribution < -0.4 is 0 Å². The molecule has 2 fully saturated rings. The number of benzene rings is 2. The third-order valence-corrected chi connectivity index (χ3v) is 7.39. The predicted octanol–water partition coefficient (Wildman–Crippen LogP) is 7.09. The van der Waals surface area contributed by atoms with Crippen LogP contribution in [-0.4, -0.2) is 37.7 Å². The first kappa shape index (κ1) is 23.3. The molecule has 2 aromatic rings. The Morgan fingerprint density at radius 1 is 0.781 bits per heavy atom. The highest BCUT2D eigenvalue weighted by Gasteiger charge is 2.22. The molecule has 0 atom stereocenters. The highest BCUT2D eigenvalue weighted by molar-refractivity contribution is 5.94. The van der Waals surface area contributed by atoms with E-state index in [0.29, 0.717) is 0 Å². The summed E-state index contributed by atoms with van der Waals surface area (Å²) in [4.78, 5) is 2.70. The molecule has 5 rings (SSSR count). The van der Waals surface area contributed by atoms with E-state index in [1.165, 1.54) is 92.4 Å². The van der Waals surface area contributed by atoms with Gasteiger partial charge in [0.05, 0.1) is 0 Å². The summed E-state index contributed by atoms with van der Waals surface area (Å²) in [7, 11) is 0. The second kappa shape index (κ2) is 11.3. The number of hydrogen-bond donors (Lipinski definition) is 0. The number of fused-ring (bicyclic) bond motifs is 2. The van der Waals surface area contributed by atoms with Crippen molar-refractivity contribution in [1.29, 1.82) is 0 Å². The van der Waals surface area contributed by atoms with Gasteiger partial charge in [-0.2, -0.15) is 0 Å². The van der Waals surface area contributed by atoms with E-state index in [4.69, 9.17) is 4.74 Å². The van der Waals surface area contributed by atoms with E-state index in [2.05, 4.69) is 65.6 Å². The van der Waals surface area contributed by atoms with E-state index in [9.17, 15) is 0 Å². The Hall–Kier alpha value is -1.87. The number of nitrogens with zero attached hydrogens (tertiary/aromatic N) is 1. The van der Waals surface area contributed by atoms with Gasteiger partial charge in [0.1, 0.15) is 0 Å². The molecule has 1 aliphatic carbocycles. The van der Waals surface area contributed by atoms with Crippen molar-refractivity contribution in [3.05, 3.63) is 76.4 Å². The molecule has 32 heavy (non-hydrogen) atoms. The van der Waals surface area contributed by atoms with Crippen molar-refractivity contribution in [3.63, 3.8) is 0 Å². The first-order chi connectivity index (χ1) is 15.4. The van der Waals surface area contributed by atoms with Crippen molar-refractivity contribution < 1.29 is 4.74 Å². The zero-order chi connectivity index (χ0) is 20.9. The standard InChI is InChI=1S/C29H35NO.ClH/c1-3-10-27-24(8-1)12-13-25-9-2-4-11-28(25)29(27)26-14-19-30(20-15-26)18-6-5-7-23-16-21-31-22-17-23;/h1-4,8-13,23H,5-7,14-22H2;1H. The second-order valence-corrected chi connectivity index (χ2v) is 9.38. The Balaban J connectivity index is 0.00000245. The van der Waals surface area contributed by atoms with Crippen molar-refractivity contribution in [2.75, 3.05) is 32.8 Å². The van der Waals surface area contributed by atoms with Crippen LogP contribution in [0.4, 0.5) is 0 Å². The molecular weight excluding hydrogens is 414 g/mol. The Labute approximate surface area is 199 Å². The first-order valence-corrected chi connectivity index (χ1v) is 12.3. The highest BCUT2D eigenvalue weighted by Crippen LogP contribution is 2.38. The van der Waals surface area contributed by atoms with Crippen LogP contribution in [0.5, 0.6) is 0 Å². The molecule has 2 aliphatic heterocycles. The quantitative estimate of drug-likeness (QED) is 0.385. The van der Waals surface area contributed by atoms with Crippen LogP contribution in [-0.2, 0) is 4.74 Å². The normalized spacial score (nSPS) is 19.1. The molecule has 0 bridgehead atoms. The molecule has 3 heteroatoms. The predicted molar refractivity (Wildman–Crippen MR) is 138 cm³/mol. The van der Waals surface area contributed by atoms with Crippen molar-refractivity contribution >= 4 is 30.1 Å². The van der Waals surface area contributed by atoms with Gasteiger partial charge in [-0.25, -0.2) is 0 Å². The topological polar surface area (TPSA) is 12.5 Å². The van der Waals surface area contributed by atoms with Gasteiger partial charge in [-0.05, 0) is 72.4 Å². The van der Waals surface area contributed by atoms with Crippen molar-refractivity contribution in [2.45, 2.75) is 44.9 Å². The van der Waals surface area contributed by atoms with Crippen LogP contribution in [0.3, 0.4) is 0 Å². The van der Waals surface area contributed by atoms with Crippen LogP contribution in [0.2, 0.25) is 0 Å². The lowest BCUT2D eigenvalue weighted by atomic mass is 9.86. The van der Waals surface area contributed by atoms with E-state index in [1.54, 1.807) is 5.57 Å². The summed E-state index contributed by atoms with van der Waals surface area (Å²) in [5.41, 5.74) is 8.64. The van der Waals surface area contributed by atoms with Crippen LogP contribution in [0, 0.1) is 5.92 Å². The van der Waals surface area contributed by atoms with Gasteiger partial charge < -0.3 is 9.64 Å². The molecule has 0 unspecified atom stereocenters. The molecule has 0 N–H and O–H groups in total. The zero-order valence-electron chi connectivity index (χ0n) is 19.1. The minimum atomic E-state index is 0. The monoisotopic (exact) mass is 449 g/mol. The van der Waals surface area contributed by atoms with Gasteiger partial charge in [0.2, 0.25) is 0 Å². The summed E-state index contributed by atoms with van der Waals surface area (Å²) in [5.74, 6) is 0.912. The van der Waals surface area contributed by atoms with Crippen LogP contribution >= 0.6 is 12.4 Å². The second-order valence-electron chi connectivity index (χ2n) is 9.38. The number of hydrogen-bond acceptors (Lipinski definition) is 2. The molecule has 2 nitrogen and oxygen atoms in total. The minimum absolute atomic E-state index is 0. The van der Waals surface area contributed by atoms with Crippen molar-refractivity contribution in [1.82, 2.24) is 4.90 Å². The number of likely N-dealkylation sites (tertiary alicyclic amines) is 1. The maximum absolute atomic E-state index is 5.50. The van der Waals surface area contributed by atoms with Gasteiger partial charge >= 0.3 is 0 Å².